The maximum atomic E-state index is 12.7. The molecule has 0 radical (unpaired) electrons. The number of esters is 1. The molecule has 1 aliphatic heterocycles. The summed E-state index contributed by atoms with van der Waals surface area (Å²) >= 11 is 0. The Kier molecular flexibility index (Phi) is 3.76. The number of ether oxygens (including phenoxy) is 2. The van der Waals surface area contributed by atoms with Crippen LogP contribution in [0.5, 0.6) is 11.5 Å². The Morgan fingerprint density at radius 1 is 1.12 bits per heavy atom. The SMILES string of the molecule is CCOc1ccccc1C1CC(=O)Oc2c1c(=O)[nH]c1ccccc21. The number of benzene rings is 2. The van der Waals surface area contributed by atoms with Gasteiger partial charge in [0.2, 0.25) is 0 Å². The molecule has 1 aromatic heterocycles. The number of pyridine rings is 1. The Hall–Kier alpha value is -3.08. The summed E-state index contributed by atoms with van der Waals surface area (Å²) in [4.78, 5) is 27.9. The fourth-order valence-corrected chi connectivity index (χ4v) is 3.40. The zero-order valence-electron chi connectivity index (χ0n) is 13.7. The number of fused-ring (bicyclic) bond motifs is 3. The Balaban J connectivity index is 1.98. The van der Waals surface area contributed by atoms with Crippen molar-refractivity contribution in [3.05, 3.63) is 70.0 Å². The van der Waals surface area contributed by atoms with Crippen LogP contribution in [-0.4, -0.2) is 17.6 Å². The number of rotatable bonds is 3. The van der Waals surface area contributed by atoms with Crippen LogP contribution in [0.4, 0.5) is 0 Å². The number of aromatic nitrogens is 1. The van der Waals surface area contributed by atoms with E-state index in [2.05, 4.69) is 4.98 Å². The molecule has 3 aromatic rings. The van der Waals surface area contributed by atoms with Gasteiger partial charge < -0.3 is 14.5 Å². The Morgan fingerprint density at radius 3 is 2.72 bits per heavy atom. The van der Waals surface area contributed by atoms with Crippen molar-refractivity contribution in [2.75, 3.05) is 6.61 Å². The fourth-order valence-electron chi connectivity index (χ4n) is 3.40. The van der Waals surface area contributed by atoms with Gasteiger partial charge in [0.1, 0.15) is 11.5 Å². The van der Waals surface area contributed by atoms with Crippen LogP contribution >= 0.6 is 0 Å². The summed E-state index contributed by atoms with van der Waals surface area (Å²) in [5.74, 6) is 0.294. The number of carbonyl (C=O) groups is 1. The Bertz CT molecular complexity index is 1020. The molecule has 0 bridgehead atoms. The van der Waals surface area contributed by atoms with Gasteiger partial charge in [-0.2, -0.15) is 0 Å². The van der Waals surface area contributed by atoms with E-state index in [-0.39, 0.29) is 17.9 Å². The summed E-state index contributed by atoms with van der Waals surface area (Å²) < 4.78 is 11.2. The molecule has 1 unspecified atom stereocenters. The monoisotopic (exact) mass is 335 g/mol. The second kappa shape index (κ2) is 6.09. The molecule has 0 amide bonds. The van der Waals surface area contributed by atoms with Crippen LogP contribution in [0.2, 0.25) is 0 Å². The van der Waals surface area contributed by atoms with Gasteiger partial charge in [0.25, 0.3) is 5.56 Å². The van der Waals surface area contributed by atoms with Gasteiger partial charge in [0, 0.05) is 16.9 Å². The number of hydrogen-bond donors (Lipinski definition) is 1. The number of para-hydroxylation sites is 2. The summed E-state index contributed by atoms with van der Waals surface area (Å²) in [6.07, 6.45) is 0.110. The third kappa shape index (κ3) is 2.58. The summed E-state index contributed by atoms with van der Waals surface area (Å²) in [6, 6.07) is 14.8. The lowest BCUT2D eigenvalue weighted by Gasteiger charge is -2.26. The first-order chi connectivity index (χ1) is 12.2. The van der Waals surface area contributed by atoms with E-state index in [4.69, 9.17) is 9.47 Å². The maximum absolute atomic E-state index is 12.7. The molecule has 1 N–H and O–H groups in total. The molecule has 0 fully saturated rings. The van der Waals surface area contributed by atoms with Crippen LogP contribution in [0.3, 0.4) is 0 Å². The highest BCUT2D eigenvalue weighted by Crippen LogP contribution is 2.42. The lowest BCUT2D eigenvalue weighted by Crippen LogP contribution is -2.28. The van der Waals surface area contributed by atoms with Crippen LogP contribution in [0.15, 0.2) is 53.3 Å². The second-order valence-electron chi connectivity index (χ2n) is 5.94. The van der Waals surface area contributed by atoms with Crippen molar-refractivity contribution in [2.24, 2.45) is 0 Å². The van der Waals surface area contributed by atoms with Gasteiger partial charge in [-0.3, -0.25) is 9.59 Å². The quantitative estimate of drug-likeness (QED) is 0.745. The molecule has 0 saturated heterocycles. The summed E-state index contributed by atoms with van der Waals surface area (Å²) in [5.41, 5.74) is 1.71. The predicted octanol–water partition coefficient (Wildman–Crippen LogP) is 3.37. The van der Waals surface area contributed by atoms with E-state index in [1.165, 1.54) is 0 Å². The average molecular weight is 335 g/mol. The number of H-pyrrole nitrogens is 1. The third-order valence-electron chi connectivity index (χ3n) is 4.44. The van der Waals surface area contributed by atoms with Crippen LogP contribution < -0.4 is 15.0 Å². The van der Waals surface area contributed by atoms with Gasteiger partial charge >= 0.3 is 5.97 Å². The first-order valence-electron chi connectivity index (χ1n) is 8.26. The number of nitrogens with one attached hydrogen (secondary N) is 1. The van der Waals surface area contributed by atoms with Crippen LogP contribution in [0.25, 0.3) is 10.9 Å². The standard InChI is InChI=1S/C20H17NO4/c1-2-24-16-10-6-4-7-12(16)14-11-17(22)25-19-13-8-3-5-9-15(13)21-20(23)18(14)19/h3-10,14H,2,11H2,1H3,(H,21,23). The van der Waals surface area contributed by atoms with Gasteiger partial charge in [-0.15, -0.1) is 0 Å². The highest BCUT2D eigenvalue weighted by atomic mass is 16.5. The fraction of sp³-hybridized carbons (Fsp3) is 0.200. The first kappa shape index (κ1) is 15.4. The van der Waals surface area contributed by atoms with Crippen LogP contribution in [0, 0.1) is 0 Å². The first-order valence-corrected chi connectivity index (χ1v) is 8.26. The molecule has 126 valence electrons. The normalized spacial score (nSPS) is 16.4. The van der Waals surface area contributed by atoms with E-state index >= 15 is 0 Å². The highest BCUT2D eigenvalue weighted by Gasteiger charge is 2.34. The smallest absolute Gasteiger partial charge is 0.312 e. The number of carbonyl (C=O) groups excluding carboxylic acids is 1. The molecule has 2 heterocycles. The molecule has 1 atom stereocenters. The maximum Gasteiger partial charge on any atom is 0.312 e. The largest absolute Gasteiger partial charge is 0.494 e. The van der Waals surface area contributed by atoms with Gasteiger partial charge in [0.15, 0.2) is 0 Å². The molecular formula is C20H17NO4. The highest BCUT2D eigenvalue weighted by molar-refractivity contribution is 5.91. The van der Waals surface area contributed by atoms with Crippen molar-refractivity contribution >= 4 is 16.9 Å². The van der Waals surface area contributed by atoms with Crippen molar-refractivity contribution in [3.8, 4) is 11.5 Å². The minimum atomic E-state index is -0.396. The van der Waals surface area contributed by atoms with Gasteiger partial charge in [-0.1, -0.05) is 30.3 Å². The molecule has 0 aliphatic carbocycles. The van der Waals surface area contributed by atoms with Gasteiger partial charge in [-0.25, -0.2) is 0 Å². The van der Waals surface area contributed by atoms with Crippen LogP contribution in [0.1, 0.15) is 30.4 Å². The molecule has 5 nitrogen and oxygen atoms in total. The molecule has 5 heteroatoms. The molecule has 1 aliphatic rings. The molecule has 25 heavy (non-hydrogen) atoms. The number of hydrogen-bond acceptors (Lipinski definition) is 4. The summed E-state index contributed by atoms with van der Waals surface area (Å²) in [5, 5.41) is 0.726. The van der Waals surface area contributed by atoms with E-state index in [1.54, 1.807) is 6.07 Å². The molecule has 4 rings (SSSR count). The van der Waals surface area contributed by atoms with Crippen molar-refractivity contribution < 1.29 is 14.3 Å². The third-order valence-corrected chi connectivity index (χ3v) is 4.44. The summed E-state index contributed by atoms with van der Waals surface area (Å²) in [7, 11) is 0. The zero-order chi connectivity index (χ0) is 17.4. The Morgan fingerprint density at radius 2 is 1.88 bits per heavy atom. The van der Waals surface area contributed by atoms with Crippen LogP contribution in [-0.2, 0) is 4.79 Å². The summed E-state index contributed by atoms with van der Waals surface area (Å²) in [6.45, 7) is 2.41. The van der Waals surface area contributed by atoms with Gasteiger partial charge in [-0.05, 0) is 25.1 Å². The van der Waals surface area contributed by atoms with E-state index < -0.39 is 5.92 Å². The van der Waals surface area contributed by atoms with Crippen molar-refractivity contribution in [2.45, 2.75) is 19.3 Å². The van der Waals surface area contributed by atoms with E-state index in [0.717, 1.165) is 10.9 Å². The van der Waals surface area contributed by atoms with E-state index in [9.17, 15) is 9.59 Å². The van der Waals surface area contributed by atoms with Crippen molar-refractivity contribution in [1.82, 2.24) is 4.98 Å². The van der Waals surface area contributed by atoms with E-state index in [1.807, 2.05) is 49.4 Å². The minimum Gasteiger partial charge on any atom is -0.494 e. The van der Waals surface area contributed by atoms with E-state index in [0.29, 0.717) is 29.2 Å². The predicted molar refractivity (Wildman–Crippen MR) is 94.3 cm³/mol. The molecule has 0 spiro atoms. The van der Waals surface area contributed by atoms with Crippen molar-refractivity contribution in [1.29, 1.82) is 0 Å². The molecule has 0 saturated carbocycles. The Labute approximate surface area is 144 Å². The second-order valence-corrected chi connectivity index (χ2v) is 5.94. The molecule has 2 aromatic carbocycles. The van der Waals surface area contributed by atoms with Gasteiger partial charge in [0.05, 0.1) is 24.1 Å². The topological polar surface area (TPSA) is 68.4 Å². The lowest BCUT2D eigenvalue weighted by molar-refractivity contribution is -0.135. The molecular weight excluding hydrogens is 318 g/mol. The zero-order valence-corrected chi connectivity index (χ0v) is 13.7. The minimum absolute atomic E-state index is 0.110. The van der Waals surface area contributed by atoms with Crippen molar-refractivity contribution in [3.63, 3.8) is 0 Å². The lowest BCUT2D eigenvalue weighted by atomic mass is 9.86. The number of aromatic amines is 1. The average Bonchev–Trinajstić information content (AvgIpc) is 2.62.